The van der Waals surface area contributed by atoms with Crippen molar-refractivity contribution in [2.45, 2.75) is 44.6 Å². The van der Waals surface area contributed by atoms with Crippen molar-refractivity contribution in [2.75, 3.05) is 13.1 Å². The normalized spacial score (nSPS) is 15.7. The van der Waals surface area contributed by atoms with Crippen molar-refractivity contribution in [1.82, 2.24) is 35.1 Å². The van der Waals surface area contributed by atoms with Crippen LogP contribution < -0.4 is 10.6 Å². The average Bonchev–Trinajstić information content (AvgIpc) is 3.56. The molecule has 1 saturated heterocycles. The fourth-order valence-corrected chi connectivity index (χ4v) is 4.63. The number of aryl methyl sites for hydroxylation is 1. The predicted molar refractivity (Wildman–Crippen MR) is 134 cm³/mol. The molecule has 10 heteroatoms. The average molecular weight is 488 g/mol. The van der Waals surface area contributed by atoms with Gasteiger partial charge in [-0.1, -0.05) is 30.7 Å². The van der Waals surface area contributed by atoms with Crippen LogP contribution in [-0.2, 0) is 22.4 Å². The first-order chi connectivity index (χ1) is 17.6. The zero-order valence-electron chi connectivity index (χ0n) is 19.9. The summed E-state index contributed by atoms with van der Waals surface area (Å²) in [5.41, 5.74) is 2.90. The van der Waals surface area contributed by atoms with Crippen LogP contribution in [0.1, 0.15) is 37.1 Å². The molecule has 10 nitrogen and oxygen atoms in total. The Hall–Kier alpha value is -4.21. The minimum Gasteiger partial charge on any atom is -0.361 e. The van der Waals surface area contributed by atoms with E-state index in [9.17, 15) is 14.4 Å². The molecule has 4 aromatic rings. The van der Waals surface area contributed by atoms with Crippen LogP contribution in [0.2, 0.25) is 0 Å². The fourth-order valence-electron chi connectivity index (χ4n) is 4.63. The van der Waals surface area contributed by atoms with Gasteiger partial charge >= 0.3 is 6.03 Å². The lowest BCUT2D eigenvalue weighted by atomic mass is 10.1. The number of nitrogens with zero attached hydrogens (tertiary/aromatic N) is 4. The van der Waals surface area contributed by atoms with Crippen molar-refractivity contribution in [3.63, 3.8) is 0 Å². The zero-order valence-corrected chi connectivity index (χ0v) is 19.9. The summed E-state index contributed by atoms with van der Waals surface area (Å²) in [5, 5.41) is 15.0. The molecule has 1 atom stereocenters. The van der Waals surface area contributed by atoms with Gasteiger partial charge in [-0.2, -0.15) is 0 Å². The SMILES string of the molecule is O=C(C[C@@H]1NC(=O)N(CCc2c[nH]c3ccccc23)C1=O)NCCCCCc1nnc2ccccn12. The highest BCUT2D eigenvalue weighted by molar-refractivity contribution is 6.05. The standard InChI is InChI=1S/C26H29N7O3/c34-24(27-13-6-1-2-10-22-30-31-23-11-5-7-14-32(22)23)16-21-25(35)33(26(36)29-21)15-12-18-17-28-20-9-4-3-8-19(18)20/h3-5,7-9,11,14,17,21,28H,1-2,6,10,12-13,15-16H2,(H,27,34)(H,29,36)/t21-/m0/s1. The number of carbonyl (C=O) groups excluding carboxylic acids is 3. The number of imide groups is 1. The molecule has 4 heterocycles. The Balaban J connectivity index is 1.01. The van der Waals surface area contributed by atoms with Gasteiger partial charge in [-0.05, 0) is 43.0 Å². The first kappa shape index (κ1) is 23.5. The Morgan fingerprint density at radius 2 is 1.86 bits per heavy atom. The second-order valence-corrected chi connectivity index (χ2v) is 9.01. The molecule has 186 valence electrons. The lowest BCUT2D eigenvalue weighted by Crippen LogP contribution is -2.37. The van der Waals surface area contributed by atoms with Gasteiger partial charge < -0.3 is 15.6 Å². The smallest absolute Gasteiger partial charge is 0.324 e. The molecule has 4 amide bonds. The molecule has 1 aliphatic heterocycles. The number of rotatable bonds is 11. The van der Waals surface area contributed by atoms with Crippen molar-refractivity contribution in [1.29, 1.82) is 0 Å². The third-order valence-electron chi connectivity index (χ3n) is 6.56. The third-order valence-corrected chi connectivity index (χ3v) is 6.56. The van der Waals surface area contributed by atoms with Crippen LogP contribution in [0.25, 0.3) is 16.6 Å². The number of urea groups is 1. The molecule has 0 saturated carbocycles. The van der Waals surface area contributed by atoms with E-state index < -0.39 is 12.1 Å². The summed E-state index contributed by atoms with van der Waals surface area (Å²) >= 11 is 0. The molecular formula is C26H29N7O3. The van der Waals surface area contributed by atoms with Crippen molar-refractivity contribution >= 4 is 34.4 Å². The molecule has 1 fully saturated rings. The molecule has 36 heavy (non-hydrogen) atoms. The molecule has 3 N–H and O–H groups in total. The van der Waals surface area contributed by atoms with Crippen molar-refractivity contribution in [3.8, 4) is 0 Å². The van der Waals surface area contributed by atoms with Gasteiger partial charge in [0.2, 0.25) is 5.91 Å². The summed E-state index contributed by atoms with van der Waals surface area (Å²) in [6.07, 6.45) is 7.86. The number of hydrogen-bond acceptors (Lipinski definition) is 5. The minimum atomic E-state index is -0.818. The van der Waals surface area contributed by atoms with Crippen LogP contribution >= 0.6 is 0 Å². The monoisotopic (exact) mass is 487 g/mol. The predicted octanol–water partition coefficient (Wildman–Crippen LogP) is 2.59. The Kier molecular flexibility index (Phi) is 6.92. The van der Waals surface area contributed by atoms with E-state index in [0.717, 1.165) is 53.6 Å². The minimum absolute atomic E-state index is 0.0557. The molecule has 0 spiro atoms. The van der Waals surface area contributed by atoms with Gasteiger partial charge in [-0.15, -0.1) is 10.2 Å². The van der Waals surface area contributed by atoms with Crippen LogP contribution in [0.5, 0.6) is 0 Å². The Bertz CT molecular complexity index is 1390. The van der Waals surface area contributed by atoms with Gasteiger partial charge in [0.1, 0.15) is 11.9 Å². The highest BCUT2D eigenvalue weighted by Gasteiger charge is 2.38. The maximum absolute atomic E-state index is 12.7. The highest BCUT2D eigenvalue weighted by Crippen LogP contribution is 2.19. The molecule has 0 bridgehead atoms. The molecule has 0 aliphatic carbocycles. The van der Waals surface area contributed by atoms with E-state index in [-0.39, 0.29) is 24.8 Å². The zero-order chi connectivity index (χ0) is 24.9. The summed E-state index contributed by atoms with van der Waals surface area (Å²) in [6, 6.07) is 12.5. The van der Waals surface area contributed by atoms with Crippen molar-refractivity contribution < 1.29 is 14.4 Å². The van der Waals surface area contributed by atoms with Crippen LogP contribution in [0.4, 0.5) is 4.79 Å². The van der Waals surface area contributed by atoms with Crippen LogP contribution in [0, 0.1) is 0 Å². The van der Waals surface area contributed by atoms with Gasteiger partial charge in [-0.3, -0.25) is 18.9 Å². The number of fused-ring (bicyclic) bond motifs is 2. The summed E-state index contributed by atoms with van der Waals surface area (Å²) in [7, 11) is 0. The molecular weight excluding hydrogens is 458 g/mol. The topological polar surface area (TPSA) is 124 Å². The fraction of sp³-hybridized carbons (Fsp3) is 0.346. The summed E-state index contributed by atoms with van der Waals surface area (Å²) in [5.74, 6) is 0.338. The number of H-pyrrole nitrogens is 1. The van der Waals surface area contributed by atoms with Gasteiger partial charge in [0, 0.05) is 42.8 Å². The van der Waals surface area contributed by atoms with Crippen LogP contribution in [0.3, 0.4) is 0 Å². The van der Waals surface area contributed by atoms with Gasteiger partial charge in [0.25, 0.3) is 5.91 Å². The number of nitrogens with one attached hydrogen (secondary N) is 3. The second kappa shape index (κ2) is 10.6. The van der Waals surface area contributed by atoms with E-state index in [0.29, 0.717) is 13.0 Å². The number of unbranched alkanes of at least 4 members (excludes halogenated alkanes) is 2. The highest BCUT2D eigenvalue weighted by atomic mass is 16.2. The number of aromatic nitrogens is 4. The lowest BCUT2D eigenvalue weighted by molar-refractivity contribution is -0.130. The van der Waals surface area contributed by atoms with E-state index >= 15 is 0 Å². The second-order valence-electron chi connectivity index (χ2n) is 9.01. The molecule has 1 aliphatic rings. The van der Waals surface area contributed by atoms with Crippen LogP contribution in [0.15, 0.2) is 54.9 Å². The van der Waals surface area contributed by atoms with E-state index in [4.69, 9.17) is 0 Å². The number of pyridine rings is 1. The Labute approximate surface area is 208 Å². The van der Waals surface area contributed by atoms with Gasteiger partial charge in [0.15, 0.2) is 5.65 Å². The van der Waals surface area contributed by atoms with E-state index in [1.165, 1.54) is 4.90 Å². The third kappa shape index (κ3) is 5.07. The van der Waals surface area contributed by atoms with Crippen LogP contribution in [-0.4, -0.2) is 61.5 Å². The summed E-state index contributed by atoms with van der Waals surface area (Å²) in [4.78, 5) is 41.9. The number of hydrogen-bond donors (Lipinski definition) is 3. The Morgan fingerprint density at radius 3 is 2.78 bits per heavy atom. The molecule has 5 rings (SSSR count). The number of para-hydroxylation sites is 1. The van der Waals surface area contributed by atoms with Gasteiger partial charge in [0.05, 0.1) is 6.42 Å². The van der Waals surface area contributed by atoms with E-state index in [1.54, 1.807) is 0 Å². The first-order valence-electron chi connectivity index (χ1n) is 12.3. The number of benzene rings is 1. The maximum atomic E-state index is 12.7. The summed E-state index contributed by atoms with van der Waals surface area (Å²) < 4.78 is 1.98. The van der Waals surface area contributed by atoms with E-state index in [2.05, 4.69) is 25.8 Å². The summed E-state index contributed by atoms with van der Waals surface area (Å²) in [6.45, 7) is 0.796. The first-order valence-corrected chi connectivity index (χ1v) is 12.3. The Morgan fingerprint density at radius 1 is 1.00 bits per heavy atom. The molecule has 3 aromatic heterocycles. The number of carbonyl (C=O) groups is 3. The maximum Gasteiger partial charge on any atom is 0.324 e. The van der Waals surface area contributed by atoms with Crippen molar-refractivity contribution in [2.24, 2.45) is 0 Å². The number of aromatic amines is 1. The van der Waals surface area contributed by atoms with Crippen molar-refractivity contribution in [3.05, 3.63) is 66.2 Å². The molecule has 0 radical (unpaired) electrons. The number of amides is 4. The van der Waals surface area contributed by atoms with Gasteiger partial charge in [-0.25, -0.2) is 4.79 Å². The molecule has 0 unspecified atom stereocenters. The molecule has 1 aromatic carbocycles. The quantitative estimate of drug-likeness (QED) is 0.222. The van der Waals surface area contributed by atoms with E-state index in [1.807, 2.05) is 59.3 Å². The largest absolute Gasteiger partial charge is 0.361 e. The lowest BCUT2D eigenvalue weighted by Gasteiger charge is -2.13.